The van der Waals surface area contributed by atoms with Crippen LogP contribution in [-0.2, 0) is 35.6 Å². The second-order valence-corrected chi connectivity index (χ2v) is 14.3. The summed E-state index contributed by atoms with van der Waals surface area (Å²) in [5.41, 5.74) is 1.40. The summed E-state index contributed by atoms with van der Waals surface area (Å²) >= 11 is 4.63. The lowest BCUT2D eigenvalue weighted by atomic mass is 10.0. The smallest absolute Gasteiger partial charge is 0.429 e. The van der Waals surface area contributed by atoms with E-state index in [1.807, 2.05) is 46.6 Å². The van der Waals surface area contributed by atoms with Crippen LogP contribution in [0.4, 0.5) is 5.13 Å². The maximum Gasteiger partial charge on any atom is 0.429 e. The highest BCUT2D eigenvalue weighted by atomic mass is 32.2. The van der Waals surface area contributed by atoms with E-state index in [-0.39, 0.29) is 23.3 Å². The number of aromatic nitrogens is 4. The molecule has 1 fully saturated rings. The van der Waals surface area contributed by atoms with Gasteiger partial charge in [-0.25, -0.2) is 18.9 Å². The molecular formula is C23H24N8O8PS4+. The molecule has 2 aliphatic rings. The summed E-state index contributed by atoms with van der Waals surface area (Å²) < 4.78 is 22.8. The van der Waals surface area contributed by atoms with Gasteiger partial charge in [0, 0.05) is 45.3 Å². The average molecular weight is 700 g/mol. The third-order valence-corrected chi connectivity index (χ3v) is 10.7. The van der Waals surface area contributed by atoms with Crippen LogP contribution in [0.3, 0.4) is 0 Å². The Balaban J connectivity index is 1.33. The van der Waals surface area contributed by atoms with E-state index < -0.39 is 42.7 Å². The average Bonchev–Trinajstić information content (AvgIpc) is 3.64. The highest BCUT2D eigenvalue weighted by molar-refractivity contribution is 8.07. The standard InChI is InChI=1S/C23H23N8O8PS4/c1-4-39-27-14(17-26-22(44-29-17)28-40(35,36)37)18(32)25-15-19(33)31-16(21(34)38-3)13(10-41-20(15)31)43-23-24-12(9-42-23)11-5-7-30(2)8-6-11/h5-9,15,20H,4,10H2,1-3H3,(H3-,25,26,28,29,32,35,36,37)/p+1/t15?,20-/m1/s1. The van der Waals surface area contributed by atoms with E-state index >= 15 is 0 Å². The van der Waals surface area contributed by atoms with E-state index in [1.54, 1.807) is 6.92 Å². The first-order chi connectivity index (χ1) is 21.0. The van der Waals surface area contributed by atoms with Crippen LogP contribution in [0, 0.1) is 0 Å². The number of thioether (sulfide) groups is 2. The highest BCUT2D eigenvalue weighted by Crippen LogP contribution is 2.46. The number of methoxy groups -OCH3 is 1. The Bertz CT molecular complexity index is 1710. The fourth-order valence-electron chi connectivity index (χ4n) is 3.98. The number of rotatable bonds is 11. The number of β-lactam (4-membered cyclic amide) rings is 1. The second kappa shape index (κ2) is 13.3. The summed E-state index contributed by atoms with van der Waals surface area (Å²) in [4.78, 5) is 73.2. The van der Waals surface area contributed by atoms with Gasteiger partial charge in [-0.1, -0.05) is 16.9 Å². The first kappa shape index (κ1) is 32.0. The predicted octanol–water partition coefficient (Wildman–Crippen LogP) is 1.31. The maximum absolute atomic E-state index is 13.3. The van der Waals surface area contributed by atoms with Crippen LogP contribution in [0.15, 0.2) is 50.0 Å². The minimum absolute atomic E-state index is 0.0813. The predicted molar refractivity (Wildman–Crippen MR) is 162 cm³/mol. The van der Waals surface area contributed by atoms with Crippen molar-refractivity contribution in [1.82, 2.24) is 24.6 Å². The number of fused-ring (bicyclic) bond motifs is 1. The Labute approximate surface area is 266 Å². The molecule has 232 valence electrons. The lowest BCUT2D eigenvalue weighted by Crippen LogP contribution is -2.71. The van der Waals surface area contributed by atoms with E-state index in [1.165, 1.54) is 46.9 Å². The molecule has 3 aromatic rings. The summed E-state index contributed by atoms with van der Waals surface area (Å²) in [5, 5.41) is 9.26. The number of carbonyl (C=O) groups excluding carboxylic acids is 3. The van der Waals surface area contributed by atoms with Gasteiger partial charge in [-0.2, -0.15) is 9.36 Å². The molecule has 4 N–H and O–H groups in total. The monoisotopic (exact) mass is 699 g/mol. The first-order valence-electron chi connectivity index (χ1n) is 12.5. The van der Waals surface area contributed by atoms with Crippen molar-refractivity contribution in [3.05, 3.63) is 46.3 Å². The van der Waals surface area contributed by atoms with Gasteiger partial charge in [0.15, 0.2) is 16.7 Å². The molecule has 1 unspecified atom stereocenters. The van der Waals surface area contributed by atoms with Crippen molar-refractivity contribution in [3.8, 4) is 11.3 Å². The van der Waals surface area contributed by atoms with Crippen molar-refractivity contribution in [3.63, 3.8) is 0 Å². The van der Waals surface area contributed by atoms with Crippen LogP contribution in [0.25, 0.3) is 11.3 Å². The topological polar surface area (TPSA) is 209 Å². The molecule has 2 amide bonds. The zero-order valence-electron chi connectivity index (χ0n) is 23.1. The summed E-state index contributed by atoms with van der Waals surface area (Å²) in [5.74, 6) is -2.02. The quantitative estimate of drug-likeness (QED) is 0.0556. The normalized spacial score (nSPS) is 18.4. The number of oxime groups is 1. The molecule has 44 heavy (non-hydrogen) atoms. The van der Waals surface area contributed by atoms with Gasteiger partial charge >= 0.3 is 13.7 Å². The molecule has 0 saturated carbocycles. The van der Waals surface area contributed by atoms with Crippen molar-refractivity contribution in [2.75, 3.05) is 24.6 Å². The zero-order chi connectivity index (χ0) is 31.6. The number of hydrogen-bond donors (Lipinski definition) is 4. The van der Waals surface area contributed by atoms with Crippen LogP contribution < -0.4 is 15.0 Å². The number of anilines is 1. The van der Waals surface area contributed by atoms with Crippen LogP contribution in [-0.4, -0.2) is 83.4 Å². The summed E-state index contributed by atoms with van der Waals surface area (Å²) in [7, 11) is -1.52. The van der Waals surface area contributed by atoms with Crippen molar-refractivity contribution >= 4 is 82.8 Å². The van der Waals surface area contributed by atoms with E-state index in [0.29, 0.717) is 26.5 Å². The van der Waals surface area contributed by atoms with Gasteiger partial charge in [-0.3, -0.25) is 19.6 Å². The number of esters is 1. The van der Waals surface area contributed by atoms with Crippen LogP contribution in [0.2, 0.25) is 0 Å². The number of aryl methyl sites for hydroxylation is 1. The van der Waals surface area contributed by atoms with Crippen LogP contribution in [0.1, 0.15) is 12.7 Å². The van der Waals surface area contributed by atoms with Gasteiger partial charge in [-0.05, 0) is 6.92 Å². The summed E-state index contributed by atoms with van der Waals surface area (Å²) in [6, 6.07) is 2.87. The second-order valence-electron chi connectivity index (χ2n) is 8.91. The van der Waals surface area contributed by atoms with E-state index in [9.17, 15) is 18.9 Å². The number of thiazole rings is 1. The van der Waals surface area contributed by atoms with E-state index in [4.69, 9.17) is 19.4 Å². The van der Waals surface area contributed by atoms with Gasteiger partial charge < -0.3 is 24.7 Å². The number of nitrogens with one attached hydrogen (secondary N) is 2. The van der Waals surface area contributed by atoms with Gasteiger partial charge in [0.05, 0.1) is 12.8 Å². The first-order valence-corrected chi connectivity index (χ1v) is 17.7. The Morgan fingerprint density at radius 3 is 2.73 bits per heavy atom. The number of ether oxygens (including phenoxy) is 1. The minimum atomic E-state index is -4.67. The van der Waals surface area contributed by atoms with Gasteiger partial charge in [0.1, 0.15) is 30.8 Å². The van der Waals surface area contributed by atoms with E-state index in [2.05, 4.69) is 24.8 Å². The van der Waals surface area contributed by atoms with Crippen molar-refractivity contribution in [2.45, 2.75) is 22.7 Å². The maximum atomic E-state index is 13.3. The summed E-state index contributed by atoms with van der Waals surface area (Å²) in [6.45, 7) is 1.73. The van der Waals surface area contributed by atoms with Crippen molar-refractivity contribution in [2.24, 2.45) is 12.2 Å². The van der Waals surface area contributed by atoms with Crippen LogP contribution >= 0.6 is 54.1 Å². The Kier molecular flexibility index (Phi) is 9.68. The van der Waals surface area contributed by atoms with Crippen molar-refractivity contribution in [1.29, 1.82) is 0 Å². The molecule has 3 aromatic heterocycles. The molecule has 2 aliphatic heterocycles. The van der Waals surface area contributed by atoms with Crippen molar-refractivity contribution < 1.29 is 42.9 Å². The fraction of sp³-hybridized carbons (Fsp3) is 0.304. The zero-order valence-corrected chi connectivity index (χ0v) is 27.2. The molecular weight excluding hydrogens is 676 g/mol. The van der Waals surface area contributed by atoms with Gasteiger partial charge in [0.2, 0.25) is 16.7 Å². The molecule has 0 aromatic carbocycles. The third kappa shape index (κ3) is 6.96. The molecule has 0 bridgehead atoms. The lowest BCUT2D eigenvalue weighted by molar-refractivity contribution is -0.671. The van der Waals surface area contributed by atoms with E-state index in [0.717, 1.165) is 11.3 Å². The minimum Gasteiger partial charge on any atom is -0.464 e. The molecule has 1 saturated heterocycles. The molecule has 5 rings (SSSR count). The summed E-state index contributed by atoms with van der Waals surface area (Å²) in [6.07, 6.45) is 3.84. The van der Waals surface area contributed by atoms with Gasteiger partial charge in [-0.15, -0.1) is 23.1 Å². The molecule has 2 atom stereocenters. The molecule has 5 heterocycles. The lowest BCUT2D eigenvalue weighted by Gasteiger charge is -2.49. The number of amides is 2. The molecule has 0 aliphatic carbocycles. The highest BCUT2D eigenvalue weighted by Gasteiger charge is 2.55. The SMILES string of the molecule is CCON=C(C(=O)NC1C(=O)N2C(C(=O)OC)=C(Sc3nc(-c4cc[n+](C)cc4)cs3)CS[C@H]12)c1nsc(NP(=O)(O)O)n1. The van der Waals surface area contributed by atoms with Gasteiger partial charge in [0.25, 0.3) is 11.8 Å². The third-order valence-electron chi connectivity index (χ3n) is 5.95. The largest absolute Gasteiger partial charge is 0.464 e. The molecule has 16 nitrogen and oxygen atoms in total. The fourth-order valence-corrected chi connectivity index (χ4v) is 8.69. The number of hydrogen-bond acceptors (Lipinski definition) is 14. The number of pyridine rings is 1. The number of carbonyl (C=O) groups is 3. The molecule has 21 heteroatoms. The Hall–Kier alpha value is -3.39. The Morgan fingerprint density at radius 2 is 2.05 bits per heavy atom. The molecule has 0 radical (unpaired) electrons. The Morgan fingerprint density at radius 1 is 1.30 bits per heavy atom. The molecule has 0 spiro atoms. The van der Waals surface area contributed by atoms with Crippen LogP contribution in [0.5, 0.6) is 0 Å². The number of nitrogens with zero attached hydrogens (tertiary/aromatic N) is 6.